The summed E-state index contributed by atoms with van der Waals surface area (Å²) in [5.41, 5.74) is 0.684. The molecule has 1 heterocycles. The number of pyridine rings is 1. The number of urea groups is 1. The minimum atomic E-state index is -0.213. The van der Waals surface area contributed by atoms with Crippen LogP contribution >= 0.6 is 0 Å². The number of carbonyl (C=O) groups is 1. The molecule has 0 saturated carbocycles. The predicted molar refractivity (Wildman–Crippen MR) is 74.9 cm³/mol. The van der Waals surface area contributed by atoms with Gasteiger partial charge in [-0.3, -0.25) is 0 Å². The molecule has 100 valence electrons. The van der Waals surface area contributed by atoms with Crippen LogP contribution in [0.2, 0.25) is 0 Å². The molecule has 1 aromatic rings. The molecule has 18 heavy (non-hydrogen) atoms. The van der Waals surface area contributed by atoms with Gasteiger partial charge in [0.15, 0.2) is 0 Å². The van der Waals surface area contributed by atoms with Crippen LogP contribution in [0.15, 0.2) is 18.3 Å². The third-order valence-electron chi connectivity index (χ3n) is 2.13. The SMILES string of the molecule is CC(C)CNc1ccc(NC(=O)NC(C)C)cn1. The van der Waals surface area contributed by atoms with Crippen LogP contribution in [0.25, 0.3) is 0 Å². The maximum atomic E-state index is 11.5. The van der Waals surface area contributed by atoms with Crippen molar-refractivity contribution in [3.63, 3.8) is 0 Å². The minimum absolute atomic E-state index is 0.116. The third-order valence-corrected chi connectivity index (χ3v) is 2.13. The fraction of sp³-hybridized carbons (Fsp3) is 0.538. The molecule has 0 aromatic carbocycles. The van der Waals surface area contributed by atoms with Crippen LogP contribution in [0, 0.1) is 5.92 Å². The number of hydrogen-bond donors (Lipinski definition) is 3. The number of nitrogens with one attached hydrogen (secondary N) is 3. The molecule has 0 radical (unpaired) electrons. The zero-order valence-corrected chi connectivity index (χ0v) is 11.4. The molecule has 0 spiro atoms. The molecule has 2 amide bonds. The first-order valence-corrected chi connectivity index (χ1v) is 6.25. The molecule has 0 bridgehead atoms. The first-order valence-electron chi connectivity index (χ1n) is 6.25. The van der Waals surface area contributed by atoms with Gasteiger partial charge in [-0.2, -0.15) is 0 Å². The second kappa shape index (κ2) is 6.83. The van der Waals surface area contributed by atoms with Crippen molar-refractivity contribution in [2.24, 2.45) is 5.92 Å². The van der Waals surface area contributed by atoms with E-state index in [9.17, 15) is 4.79 Å². The summed E-state index contributed by atoms with van der Waals surface area (Å²) in [7, 11) is 0. The molecule has 5 heteroatoms. The van der Waals surface area contributed by atoms with Crippen molar-refractivity contribution in [1.29, 1.82) is 0 Å². The Labute approximate surface area is 108 Å². The molecule has 0 atom stereocenters. The van der Waals surface area contributed by atoms with Crippen molar-refractivity contribution in [2.75, 3.05) is 17.2 Å². The van der Waals surface area contributed by atoms with E-state index in [1.165, 1.54) is 0 Å². The van der Waals surface area contributed by atoms with Gasteiger partial charge in [-0.25, -0.2) is 9.78 Å². The summed E-state index contributed by atoms with van der Waals surface area (Å²) in [5, 5.41) is 8.69. The summed E-state index contributed by atoms with van der Waals surface area (Å²) in [5.74, 6) is 1.39. The summed E-state index contributed by atoms with van der Waals surface area (Å²) < 4.78 is 0. The Morgan fingerprint density at radius 1 is 1.28 bits per heavy atom. The summed E-state index contributed by atoms with van der Waals surface area (Å²) in [6, 6.07) is 3.59. The third kappa shape index (κ3) is 5.52. The maximum absolute atomic E-state index is 11.5. The number of rotatable bonds is 5. The van der Waals surface area contributed by atoms with Crippen molar-refractivity contribution in [3.05, 3.63) is 18.3 Å². The Hall–Kier alpha value is -1.78. The van der Waals surface area contributed by atoms with Crippen LogP contribution in [-0.4, -0.2) is 23.6 Å². The van der Waals surface area contributed by atoms with E-state index in [-0.39, 0.29) is 12.1 Å². The monoisotopic (exact) mass is 250 g/mol. The lowest BCUT2D eigenvalue weighted by molar-refractivity contribution is 0.250. The van der Waals surface area contributed by atoms with Gasteiger partial charge in [0.25, 0.3) is 0 Å². The summed E-state index contributed by atoms with van der Waals surface area (Å²) in [4.78, 5) is 15.7. The fourth-order valence-electron chi connectivity index (χ4n) is 1.31. The van der Waals surface area contributed by atoms with Gasteiger partial charge in [0.1, 0.15) is 5.82 Å². The Morgan fingerprint density at radius 2 is 2.00 bits per heavy atom. The van der Waals surface area contributed by atoms with Crippen LogP contribution in [0.5, 0.6) is 0 Å². The van der Waals surface area contributed by atoms with Crippen molar-refractivity contribution in [3.8, 4) is 0 Å². The first kappa shape index (κ1) is 14.3. The van der Waals surface area contributed by atoms with Crippen molar-refractivity contribution >= 4 is 17.5 Å². The van der Waals surface area contributed by atoms with Crippen LogP contribution in [0.3, 0.4) is 0 Å². The molecule has 1 aromatic heterocycles. The van der Waals surface area contributed by atoms with E-state index in [1.54, 1.807) is 6.20 Å². The lowest BCUT2D eigenvalue weighted by Crippen LogP contribution is -2.34. The largest absolute Gasteiger partial charge is 0.370 e. The van der Waals surface area contributed by atoms with Gasteiger partial charge < -0.3 is 16.0 Å². The molecule has 0 aliphatic heterocycles. The average molecular weight is 250 g/mol. The molecule has 5 nitrogen and oxygen atoms in total. The number of amides is 2. The summed E-state index contributed by atoms with van der Waals surface area (Å²) >= 11 is 0. The molecule has 1 rings (SSSR count). The van der Waals surface area contributed by atoms with E-state index in [0.717, 1.165) is 12.4 Å². The lowest BCUT2D eigenvalue weighted by Gasteiger charge is -2.11. The molecule has 0 unspecified atom stereocenters. The second-order valence-corrected chi connectivity index (χ2v) is 4.96. The fourth-order valence-corrected chi connectivity index (χ4v) is 1.31. The maximum Gasteiger partial charge on any atom is 0.319 e. The molecule has 0 aliphatic rings. The summed E-state index contributed by atoms with van der Waals surface area (Å²) in [6.07, 6.45) is 1.64. The van der Waals surface area contributed by atoms with Crippen LogP contribution in [-0.2, 0) is 0 Å². The number of aromatic nitrogens is 1. The standard InChI is InChI=1S/C13H22N4O/c1-9(2)7-14-12-6-5-11(8-15-12)17-13(18)16-10(3)4/h5-6,8-10H,7H2,1-4H3,(H,14,15)(H2,16,17,18). The number of anilines is 2. The van der Waals surface area contributed by atoms with Gasteiger partial charge in [0.2, 0.25) is 0 Å². The number of nitrogens with zero attached hydrogens (tertiary/aromatic N) is 1. The van der Waals surface area contributed by atoms with Crippen molar-refractivity contribution in [1.82, 2.24) is 10.3 Å². The Balaban J connectivity index is 2.47. The van der Waals surface area contributed by atoms with Gasteiger partial charge >= 0.3 is 6.03 Å². The molecular weight excluding hydrogens is 228 g/mol. The van der Waals surface area contributed by atoms with Crippen molar-refractivity contribution in [2.45, 2.75) is 33.7 Å². The zero-order chi connectivity index (χ0) is 13.5. The quantitative estimate of drug-likeness (QED) is 0.752. The number of hydrogen-bond acceptors (Lipinski definition) is 3. The predicted octanol–water partition coefficient (Wildman–Crippen LogP) is 2.68. The van der Waals surface area contributed by atoms with E-state index in [4.69, 9.17) is 0 Å². The highest BCUT2D eigenvalue weighted by Gasteiger charge is 2.03. The number of carbonyl (C=O) groups excluding carboxylic acids is 1. The van der Waals surface area contributed by atoms with Crippen molar-refractivity contribution < 1.29 is 4.79 Å². The topological polar surface area (TPSA) is 66.0 Å². The average Bonchev–Trinajstić information content (AvgIpc) is 2.26. The second-order valence-electron chi connectivity index (χ2n) is 4.96. The van der Waals surface area contributed by atoms with Gasteiger partial charge in [0, 0.05) is 12.6 Å². The lowest BCUT2D eigenvalue weighted by atomic mass is 10.2. The normalized spacial score (nSPS) is 10.6. The minimum Gasteiger partial charge on any atom is -0.370 e. The highest BCUT2D eigenvalue weighted by molar-refractivity contribution is 5.89. The highest BCUT2D eigenvalue weighted by atomic mass is 16.2. The molecule has 3 N–H and O–H groups in total. The van der Waals surface area contributed by atoms with E-state index < -0.39 is 0 Å². The first-order chi connectivity index (χ1) is 8.47. The van der Waals surface area contributed by atoms with Gasteiger partial charge in [0.05, 0.1) is 11.9 Å². The van der Waals surface area contributed by atoms with Crippen LogP contribution in [0.4, 0.5) is 16.3 Å². The van der Waals surface area contributed by atoms with Gasteiger partial charge in [-0.05, 0) is 31.9 Å². The van der Waals surface area contributed by atoms with E-state index in [1.807, 2.05) is 26.0 Å². The molecular formula is C13H22N4O. The van der Waals surface area contributed by atoms with Gasteiger partial charge in [-0.1, -0.05) is 13.8 Å². The molecule has 0 fully saturated rings. The van der Waals surface area contributed by atoms with Crippen LogP contribution in [0.1, 0.15) is 27.7 Å². The van der Waals surface area contributed by atoms with Gasteiger partial charge in [-0.15, -0.1) is 0 Å². The summed E-state index contributed by atoms with van der Waals surface area (Å²) in [6.45, 7) is 8.99. The van der Waals surface area contributed by atoms with Crippen LogP contribution < -0.4 is 16.0 Å². The highest BCUT2D eigenvalue weighted by Crippen LogP contribution is 2.10. The smallest absolute Gasteiger partial charge is 0.319 e. The van der Waals surface area contributed by atoms with E-state index in [2.05, 4.69) is 34.8 Å². The molecule has 0 aliphatic carbocycles. The Kier molecular flexibility index (Phi) is 5.42. The molecule has 0 saturated heterocycles. The Bertz CT molecular complexity index is 373. The van der Waals surface area contributed by atoms with E-state index in [0.29, 0.717) is 11.6 Å². The van der Waals surface area contributed by atoms with E-state index >= 15 is 0 Å². The Morgan fingerprint density at radius 3 is 2.50 bits per heavy atom. The zero-order valence-electron chi connectivity index (χ0n) is 11.4.